The normalized spacial score (nSPS) is 14.4. The molecule has 2 aromatic rings. The Hall–Kier alpha value is -2.98. The highest BCUT2D eigenvalue weighted by molar-refractivity contribution is 5.64. The van der Waals surface area contributed by atoms with Crippen LogP contribution in [0.4, 0.5) is 5.69 Å². The third-order valence-electron chi connectivity index (χ3n) is 8.43. The summed E-state index contributed by atoms with van der Waals surface area (Å²) in [4.78, 5) is 2.43. The number of fused-ring (bicyclic) bond motifs is 1. The first kappa shape index (κ1) is 46.1. The molecule has 0 saturated heterocycles. The molecule has 0 fully saturated rings. The summed E-state index contributed by atoms with van der Waals surface area (Å²) in [6.45, 7) is 34.4. The summed E-state index contributed by atoms with van der Waals surface area (Å²) in [6.07, 6.45) is 12.9. The summed E-state index contributed by atoms with van der Waals surface area (Å²) in [5.74, 6) is 0.683. The van der Waals surface area contributed by atoms with Crippen molar-refractivity contribution in [2.75, 3.05) is 25.5 Å². The minimum Gasteiger partial charge on any atom is -0.389 e. The van der Waals surface area contributed by atoms with Gasteiger partial charge in [-0.15, -0.1) is 6.58 Å². The molecule has 4 unspecified atom stereocenters. The van der Waals surface area contributed by atoms with Crippen LogP contribution in [0.3, 0.4) is 0 Å². The summed E-state index contributed by atoms with van der Waals surface area (Å²) >= 11 is 0. The fourth-order valence-corrected chi connectivity index (χ4v) is 5.13. The molecule has 1 aliphatic rings. The van der Waals surface area contributed by atoms with Crippen molar-refractivity contribution in [3.05, 3.63) is 102 Å². The molecule has 1 aliphatic heterocycles. The Kier molecular flexibility index (Phi) is 28.6. The highest BCUT2D eigenvalue weighted by atomic mass is 15.2. The van der Waals surface area contributed by atoms with Crippen LogP contribution in [0.15, 0.2) is 80.2 Å². The van der Waals surface area contributed by atoms with Crippen molar-refractivity contribution in [3.8, 4) is 0 Å². The zero-order valence-electron chi connectivity index (χ0n) is 32.9. The average molecular weight is 649 g/mol. The third-order valence-corrected chi connectivity index (χ3v) is 8.43. The molecular weight excluding hydrogens is 573 g/mol. The minimum atomic E-state index is 0.293. The van der Waals surface area contributed by atoms with Gasteiger partial charge in [0, 0.05) is 36.6 Å². The lowest BCUT2D eigenvalue weighted by Crippen LogP contribution is -2.28. The number of anilines is 1. The summed E-state index contributed by atoms with van der Waals surface area (Å²) in [6, 6.07) is 16.9. The Balaban J connectivity index is 0. The molecule has 47 heavy (non-hydrogen) atoms. The fourth-order valence-electron chi connectivity index (χ4n) is 5.13. The van der Waals surface area contributed by atoms with Gasteiger partial charge in [-0.1, -0.05) is 129 Å². The largest absolute Gasteiger partial charge is 0.389 e. The Morgan fingerprint density at radius 2 is 1.62 bits per heavy atom. The van der Waals surface area contributed by atoms with Crippen molar-refractivity contribution >= 4 is 5.69 Å². The fraction of sp³-hybridized carbons (Fsp3) is 0.581. The zero-order chi connectivity index (χ0) is 36.2. The van der Waals surface area contributed by atoms with Crippen LogP contribution in [0.1, 0.15) is 117 Å². The molecule has 268 valence electrons. The van der Waals surface area contributed by atoms with Crippen LogP contribution in [0.5, 0.6) is 0 Å². The summed E-state index contributed by atoms with van der Waals surface area (Å²) in [5.41, 5.74) is 8.30. The van der Waals surface area contributed by atoms with Gasteiger partial charge in [0.2, 0.25) is 0 Å². The molecule has 3 N–H and O–H groups in total. The second-order valence-electron chi connectivity index (χ2n) is 12.5. The molecule has 4 heteroatoms. The van der Waals surface area contributed by atoms with E-state index in [1.54, 1.807) is 6.20 Å². The van der Waals surface area contributed by atoms with Crippen LogP contribution >= 0.6 is 0 Å². The number of nitrogens with zero attached hydrogens (tertiary/aromatic N) is 1. The van der Waals surface area contributed by atoms with E-state index in [0.717, 1.165) is 44.3 Å². The van der Waals surface area contributed by atoms with E-state index in [1.165, 1.54) is 47.2 Å². The third kappa shape index (κ3) is 20.8. The molecule has 0 spiro atoms. The van der Waals surface area contributed by atoms with Crippen LogP contribution in [0.25, 0.3) is 0 Å². The molecule has 0 radical (unpaired) electrons. The van der Waals surface area contributed by atoms with Crippen molar-refractivity contribution in [1.29, 1.82) is 0 Å². The molecule has 0 aromatic heterocycles. The standard InChI is InChI=1S/C22H34N2.C9H12.C7H15N.C3H9N.C2H6/c1-7-16(3)14-17(4)23-21(8-2)13-12-19-10-9-11-20-15-18(5)24(6)22(19)20;1-3-9-6-4-8(2)5-7-9;1-4-6-7(3)8-5-2;1-3-4-2;1-2/h8-11,16,18,21,23H,2,4,7,12-15H2,1,3,5-6H3;4-7H,3H2,1-2H3;5,7-8H,2,4,6H2,1,3H3;4H,3H2,1-2H3;1-2H3. The molecule has 4 nitrogen and oxygen atoms in total. The molecule has 0 bridgehead atoms. The second-order valence-corrected chi connectivity index (χ2v) is 12.5. The summed E-state index contributed by atoms with van der Waals surface area (Å²) in [5, 5.41) is 9.60. The van der Waals surface area contributed by atoms with Gasteiger partial charge in [-0.05, 0) is 102 Å². The van der Waals surface area contributed by atoms with Crippen LogP contribution < -0.4 is 20.9 Å². The van der Waals surface area contributed by atoms with Gasteiger partial charge in [-0.25, -0.2) is 0 Å². The molecule has 3 rings (SSSR count). The van der Waals surface area contributed by atoms with Crippen molar-refractivity contribution in [2.45, 2.75) is 139 Å². The summed E-state index contributed by atoms with van der Waals surface area (Å²) < 4.78 is 0. The molecule has 4 atom stereocenters. The van der Waals surface area contributed by atoms with Crippen molar-refractivity contribution in [2.24, 2.45) is 5.92 Å². The van der Waals surface area contributed by atoms with E-state index in [2.05, 4.69) is 145 Å². The SMILES string of the molecule is C=CC(CCc1cccc2c1N(C)C(C)C2)NC(=C)CC(C)CC.C=CNC(C)CCC.CC.CCNC.CCc1ccc(C)cc1. The van der Waals surface area contributed by atoms with E-state index < -0.39 is 0 Å². The Morgan fingerprint density at radius 3 is 2.11 bits per heavy atom. The highest BCUT2D eigenvalue weighted by Crippen LogP contribution is 2.34. The number of hydrogen-bond acceptors (Lipinski definition) is 4. The predicted molar refractivity (Wildman–Crippen MR) is 216 cm³/mol. The number of para-hydroxylation sites is 1. The van der Waals surface area contributed by atoms with Crippen LogP contribution in [0.2, 0.25) is 0 Å². The van der Waals surface area contributed by atoms with Crippen molar-refractivity contribution in [1.82, 2.24) is 16.0 Å². The molecule has 2 aromatic carbocycles. The van der Waals surface area contributed by atoms with Gasteiger partial charge in [0.15, 0.2) is 0 Å². The Bertz CT molecular complexity index is 1060. The number of likely N-dealkylation sites (N-methyl/N-ethyl adjacent to an activating group) is 1. The second kappa shape index (κ2) is 29.2. The maximum Gasteiger partial charge on any atom is 0.0441 e. The monoisotopic (exact) mass is 649 g/mol. The molecule has 1 heterocycles. The van der Waals surface area contributed by atoms with E-state index in [0.29, 0.717) is 24.0 Å². The van der Waals surface area contributed by atoms with E-state index in [-0.39, 0.29) is 0 Å². The van der Waals surface area contributed by atoms with Crippen LogP contribution in [-0.4, -0.2) is 38.8 Å². The van der Waals surface area contributed by atoms with Crippen molar-refractivity contribution < 1.29 is 0 Å². The number of nitrogens with one attached hydrogen (secondary N) is 3. The first-order chi connectivity index (χ1) is 22.5. The molecule has 0 saturated carbocycles. The zero-order valence-corrected chi connectivity index (χ0v) is 32.9. The first-order valence-corrected chi connectivity index (χ1v) is 18.5. The summed E-state index contributed by atoms with van der Waals surface area (Å²) in [7, 11) is 4.15. The van der Waals surface area contributed by atoms with Gasteiger partial charge in [0.25, 0.3) is 0 Å². The van der Waals surface area contributed by atoms with Crippen molar-refractivity contribution in [3.63, 3.8) is 0 Å². The Labute approximate surface area is 293 Å². The number of allylic oxidation sites excluding steroid dienone is 1. The van der Waals surface area contributed by atoms with Crippen LogP contribution in [-0.2, 0) is 19.3 Å². The van der Waals surface area contributed by atoms with Crippen LogP contribution in [0, 0.1) is 12.8 Å². The predicted octanol–water partition coefficient (Wildman–Crippen LogP) is 10.8. The van der Waals surface area contributed by atoms with Gasteiger partial charge in [0.05, 0.1) is 0 Å². The maximum absolute atomic E-state index is 4.20. The average Bonchev–Trinajstić information content (AvgIpc) is 3.38. The van der Waals surface area contributed by atoms with Gasteiger partial charge < -0.3 is 20.9 Å². The van der Waals surface area contributed by atoms with Gasteiger partial charge in [-0.2, -0.15) is 0 Å². The number of rotatable bonds is 15. The van der Waals surface area contributed by atoms with E-state index >= 15 is 0 Å². The van der Waals surface area contributed by atoms with Gasteiger partial charge in [0.1, 0.15) is 0 Å². The van der Waals surface area contributed by atoms with Gasteiger partial charge >= 0.3 is 0 Å². The first-order valence-electron chi connectivity index (χ1n) is 18.5. The van der Waals surface area contributed by atoms with E-state index in [9.17, 15) is 0 Å². The topological polar surface area (TPSA) is 39.3 Å². The highest BCUT2D eigenvalue weighted by Gasteiger charge is 2.25. The smallest absolute Gasteiger partial charge is 0.0441 e. The maximum atomic E-state index is 4.20. The number of hydrogen-bond donors (Lipinski definition) is 3. The lowest BCUT2D eigenvalue weighted by Gasteiger charge is -2.23. The Morgan fingerprint density at radius 1 is 1.00 bits per heavy atom. The van der Waals surface area contributed by atoms with E-state index in [1.807, 2.05) is 27.0 Å². The van der Waals surface area contributed by atoms with E-state index in [4.69, 9.17) is 0 Å². The lowest BCUT2D eigenvalue weighted by atomic mass is 9.99. The molecular formula is C43H76N4. The molecule has 0 aliphatic carbocycles. The number of benzene rings is 2. The van der Waals surface area contributed by atoms with Gasteiger partial charge in [-0.3, -0.25) is 0 Å². The lowest BCUT2D eigenvalue weighted by molar-refractivity contribution is 0.514. The number of aryl methyl sites for hydroxylation is 3. The molecule has 0 amide bonds. The minimum absolute atomic E-state index is 0.293. The quantitative estimate of drug-likeness (QED) is 0.168.